The highest BCUT2D eigenvalue weighted by Crippen LogP contribution is 2.28. The minimum atomic E-state index is -2.18. The van der Waals surface area contributed by atoms with Crippen molar-refractivity contribution in [1.82, 2.24) is 0 Å². The Morgan fingerprint density at radius 3 is 1.53 bits per heavy atom. The quantitative estimate of drug-likeness (QED) is 0.295. The van der Waals surface area contributed by atoms with Crippen molar-refractivity contribution in [1.29, 1.82) is 0 Å². The van der Waals surface area contributed by atoms with E-state index in [0.717, 1.165) is 6.92 Å². The molecule has 0 heterocycles. The lowest BCUT2D eigenvalue weighted by molar-refractivity contribution is 0.369. The van der Waals surface area contributed by atoms with Crippen molar-refractivity contribution in [3.8, 4) is 12.3 Å². The van der Waals surface area contributed by atoms with Gasteiger partial charge in [0.05, 0.1) is 0 Å². The van der Waals surface area contributed by atoms with Crippen LogP contribution in [0.25, 0.3) is 0 Å². The Bertz CT molecular complexity index is 415. The lowest BCUT2D eigenvalue weighted by Crippen LogP contribution is -2.08. The second kappa shape index (κ2) is 3.89. The van der Waals surface area contributed by atoms with Crippen molar-refractivity contribution in [2.24, 2.45) is 0 Å². The Labute approximate surface area is 82.7 Å². The first-order valence-corrected chi connectivity index (χ1v) is 3.89. The SMILES string of the molecule is C#CC(C)c1c(F)c(F)c(F)c(F)c1F. The Hall–Kier alpha value is -1.57. The molecular formula is C10H5F5. The molecule has 0 N–H and O–H groups in total. The molecule has 15 heavy (non-hydrogen) atoms. The van der Waals surface area contributed by atoms with E-state index in [1.807, 2.05) is 5.92 Å². The Kier molecular flexibility index (Phi) is 2.98. The van der Waals surface area contributed by atoms with Gasteiger partial charge in [0.25, 0.3) is 0 Å². The van der Waals surface area contributed by atoms with Crippen molar-refractivity contribution in [3.63, 3.8) is 0 Å². The van der Waals surface area contributed by atoms with E-state index < -0.39 is 40.6 Å². The molecule has 0 bridgehead atoms. The summed E-state index contributed by atoms with van der Waals surface area (Å²) >= 11 is 0. The monoisotopic (exact) mass is 220 g/mol. The van der Waals surface area contributed by atoms with E-state index in [0.29, 0.717) is 0 Å². The first-order valence-electron chi connectivity index (χ1n) is 3.89. The van der Waals surface area contributed by atoms with Gasteiger partial charge >= 0.3 is 0 Å². The van der Waals surface area contributed by atoms with Gasteiger partial charge in [-0.3, -0.25) is 0 Å². The van der Waals surface area contributed by atoms with Crippen LogP contribution in [0, 0.1) is 41.4 Å². The van der Waals surface area contributed by atoms with Crippen LogP contribution in [0.5, 0.6) is 0 Å². The number of benzene rings is 1. The molecule has 1 rings (SSSR count). The van der Waals surface area contributed by atoms with E-state index in [2.05, 4.69) is 0 Å². The van der Waals surface area contributed by atoms with E-state index in [-0.39, 0.29) is 0 Å². The fourth-order valence-corrected chi connectivity index (χ4v) is 1.09. The molecule has 1 unspecified atom stereocenters. The summed E-state index contributed by atoms with van der Waals surface area (Å²) in [5.41, 5.74) is -0.978. The van der Waals surface area contributed by atoms with Gasteiger partial charge in [0.15, 0.2) is 23.3 Å². The minimum absolute atomic E-state index is 0.978. The van der Waals surface area contributed by atoms with Crippen LogP contribution >= 0.6 is 0 Å². The Balaban J connectivity index is 3.61. The molecule has 0 aliphatic heterocycles. The van der Waals surface area contributed by atoms with Gasteiger partial charge in [0.1, 0.15) is 0 Å². The minimum Gasteiger partial charge on any atom is -0.203 e. The van der Waals surface area contributed by atoms with Crippen LogP contribution in [0.1, 0.15) is 18.4 Å². The fraction of sp³-hybridized carbons (Fsp3) is 0.200. The van der Waals surface area contributed by atoms with Gasteiger partial charge in [0.2, 0.25) is 5.82 Å². The van der Waals surface area contributed by atoms with Crippen LogP contribution in [0.3, 0.4) is 0 Å². The highest BCUT2D eigenvalue weighted by molar-refractivity contribution is 5.31. The Morgan fingerprint density at radius 2 is 1.20 bits per heavy atom. The van der Waals surface area contributed by atoms with Gasteiger partial charge in [-0.1, -0.05) is 5.92 Å². The number of terminal acetylenes is 1. The summed E-state index contributed by atoms with van der Waals surface area (Å²) in [7, 11) is 0. The fourth-order valence-electron chi connectivity index (χ4n) is 1.09. The average molecular weight is 220 g/mol. The molecule has 0 aliphatic carbocycles. The van der Waals surface area contributed by atoms with Gasteiger partial charge in [-0.15, -0.1) is 6.42 Å². The summed E-state index contributed by atoms with van der Waals surface area (Å²) in [4.78, 5) is 0. The topological polar surface area (TPSA) is 0 Å². The largest absolute Gasteiger partial charge is 0.203 e. The summed E-state index contributed by atoms with van der Waals surface area (Å²) in [6.45, 7) is 1.16. The molecule has 80 valence electrons. The predicted molar refractivity (Wildman–Crippen MR) is 43.5 cm³/mol. The zero-order valence-corrected chi connectivity index (χ0v) is 7.54. The van der Waals surface area contributed by atoms with Gasteiger partial charge < -0.3 is 0 Å². The van der Waals surface area contributed by atoms with Crippen LogP contribution in [0.4, 0.5) is 22.0 Å². The standard InChI is InChI=1S/C10H5F5/c1-3-4(2)5-6(11)8(13)10(15)9(14)7(5)12/h1,4H,2H3. The van der Waals surface area contributed by atoms with Gasteiger partial charge in [-0.05, 0) is 6.92 Å². The van der Waals surface area contributed by atoms with E-state index >= 15 is 0 Å². The average Bonchev–Trinajstić information content (AvgIpc) is 2.23. The van der Waals surface area contributed by atoms with Crippen molar-refractivity contribution in [2.45, 2.75) is 12.8 Å². The van der Waals surface area contributed by atoms with Crippen molar-refractivity contribution in [3.05, 3.63) is 34.6 Å². The molecule has 0 spiro atoms. The molecule has 0 aliphatic rings. The third kappa shape index (κ3) is 1.67. The number of hydrogen-bond donors (Lipinski definition) is 0. The van der Waals surface area contributed by atoms with E-state index in [9.17, 15) is 22.0 Å². The van der Waals surface area contributed by atoms with E-state index in [1.54, 1.807) is 0 Å². The lowest BCUT2D eigenvalue weighted by Gasteiger charge is -2.09. The molecule has 1 aromatic rings. The molecule has 0 aromatic heterocycles. The summed E-state index contributed by atoms with van der Waals surface area (Å²) in [6.07, 6.45) is 4.86. The first-order chi connectivity index (χ1) is 6.91. The van der Waals surface area contributed by atoms with Gasteiger partial charge in [0, 0.05) is 11.5 Å². The maximum atomic E-state index is 13.0. The van der Waals surface area contributed by atoms with E-state index in [4.69, 9.17) is 6.42 Å². The van der Waals surface area contributed by atoms with Crippen LogP contribution in [0.2, 0.25) is 0 Å². The normalized spacial score (nSPS) is 12.3. The highest BCUT2D eigenvalue weighted by Gasteiger charge is 2.27. The number of hydrogen-bond acceptors (Lipinski definition) is 0. The third-order valence-electron chi connectivity index (χ3n) is 1.93. The van der Waals surface area contributed by atoms with Crippen molar-refractivity contribution in [2.75, 3.05) is 0 Å². The first kappa shape index (κ1) is 11.5. The lowest BCUT2D eigenvalue weighted by atomic mass is 10.00. The zero-order valence-electron chi connectivity index (χ0n) is 7.54. The van der Waals surface area contributed by atoms with Crippen LogP contribution in [0.15, 0.2) is 0 Å². The number of rotatable bonds is 1. The van der Waals surface area contributed by atoms with Crippen LogP contribution in [-0.2, 0) is 0 Å². The highest BCUT2D eigenvalue weighted by atomic mass is 19.2. The maximum absolute atomic E-state index is 13.0. The van der Waals surface area contributed by atoms with Crippen LogP contribution < -0.4 is 0 Å². The second-order valence-corrected chi connectivity index (χ2v) is 2.87. The number of halogens is 5. The van der Waals surface area contributed by atoms with E-state index in [1.165, 1.54) is 0 Å². The van der Waals surface area contributed by atoms with Crippen molar-refractivity contribution >= 4 is 0 Å². The molecule has 1 aromatic carbocycles. The molecule has 0 saturated carbocycles. The second-order valence-electron chi connectivity index (χ2n) is 2.87. The summed E-state index contributed by atoms with van der Waals surface area (Å²) in [5.74, 6) is -9.18. The van der Waals surface area contributed by atoms with Crippen LogP contribution in [-0.4, -0.2) is 0 Å². The summed E-state index contributed by atoms with van der Waals surface area (Å²) in [6, 6.07) is 0. The smallest absolute Gasteiger partial charge is 0.200 e. The summed E-state index contributed by atoms with van der Waals surface area (Å²) < 4.78 is 64.0. The summed E-state index contributed by atoms with van der Waals surface area (Å²) in [5, 5.41) is 0. The third-order valence-corrected chi connectivity index (χ3v) is 1.93. The molecule has 0 saturated heterocycles. The maximum Gasteiger partial charge on any atom is 0.200 e. The Morgan fingerprint density at radius 1 is 0.867 bits per heavy atom. The molecular weight excluding hydrogens is 215 g/mol. The molecule has 0 amide bonds. The molecule has 1 atom stereocenters. The van der Waals surface area contributed by atoms with Gasteiger partial charge in [-0.25, -0.2) is 22.0 Å². The zero-order chi connectivity index (χ0) is 11.7. The molecule has 0 radical (unpaired) electrons. The van der Waals surface area contributed by atoms with Gasteiger partial charge in [-0.2, -0.15) is 0 Å². The predicted octanol–water partition coefficient (Wildman–Crippen LogP) is 3.12. The van der Waals surface area contributed by atoms with Crippen molar-refractivity contribution < 1.29 is 22.0 Å². The molecule has 0 nitrogen and oxygen atoms in total. The molecule has 0 fully saturated rings. The molecule has 5 heteroatoms.